The van der Waals surface area contributed by atoms with E-state index in [1.807, 2.05) is 0 Å². The Balaban J connectivity index is 1.21. The van der Waals surface area contributed by atoms with Crippen molar-refractivity contribution in [1.82, 2.24) is 15.1 Å². The highest BCUT2D eigenvalue weighted by molar-refractivity contribution is 5.84. The van der Waals surface area contributed by atoms with Crippen LogP contribution in [0.25, 0.3) is 0 Å². The molecule has 1 aromatic carbocycles. The van der Waals surface area contributed by atoms with Crippen molar-refractivity contribution in [2.24, 2.45) is 17.3 Å². The van der Waals surface area contributed by atoms with Gasteiger partial charge in [0.15, 0.2) is 0 Å². The number of ether oxygens (including phenoxy) is 1. The molecule has 0 spiro atoms. The van der Waals surface area contributed by atoms with E-state index in [4.69, 9.17) is 4.74 Å². The van der Waals surface area contributed by atoms with Crippen molar-refractivity contribution >= 4 is 11.8 Å². The summed E-state index contributed by atoms with van der Waals surface area (Å²) in [5.74, 6) is 1.85. The summed E-state index contributed by atoms with van der Waals surface area (Å²) in [7, 11) is 1.67. The van der Waals surface area contributed by atoms with E-state index in [9.17, 15) is 9.59 Å². The average Bonchev–Trinajstić information content (AvgIpc) is 2.81. The zero-order valence-electron chi connectivity index (χ0n) is 21.0. The highest BCUT2D eigenvalue weighted by atomic mass is 16.5. The van der Waals surface area contributed by atoms with E-state index in [1.54, 1.807) is 7.11 Å². The van der Waals surface area contributed by atoms with Gasteiger partial charge >= 0.3 is 0 Å². The number of aryl methyl sites for hydroxylation is 1. The van der Waals surface area contributed by atoms with Crippen LogP contribution in [0.4, 0.5) is 0 Å². The van der Waals surface area contributed by atoms with Gasteiger partial charge in [-0.25, -0.2) is 0 Å². The predicted octanol–water partition coefficient (Wildman–Crippen LogP) is 3.13. The number of piperazine rings is 1. The minimum Gasteiger partial charge on any atom is -0.385 e. The van der Waals surface area contributed by atoms with Gasteiger partial charge in [-0.1, -0.05) is 29.8 Å². The summed E-state index contributed by atoms with van der Waals surface area (Å²) >= 11 is 0. The molecule has 1 saturated heterocycles. The summed E-state index contributed by atoms with van der Waals surface area (Å²) in [6, 6.07) is 9.16. The maximum atomic E-state index is 14.0. The fourth-order valence-electron chi connectivity index (χ4n) is 7.91. The largest absolute Gasteiger partial charge is 0.385 e. The van der Waals surface area contributed by atoms with Crippen molar-refractivity contribution in [3.63, 3.8) is 0 Å². The van der Waals surface area contributed by atoms with E-state index in [0.717, 1.165) is 51.9 Å². The second-order valence-electron chi connectivity index (χ2n) is 11.7. The Bertz CT molecular complexity index is 877. The fourth-order valence-corrected chi connectivity index (χ4v) is 7.91. The zero-order chi connectivity index (χ0) is 23.8. The molecule has 186 valence electrons. The highest BCUT2D eigenvalue weighted by Crippen LogP contribution is 2.66. The first-order valence-corrected chi connectivity index (χ1v) is 13.3. The summed E-state index contributed by atoms with van der Waals surface area (Å²) in [6.45, 7) is 6.93. The van der Waals surface area contributed by atoms with Crippen LogP contribution in [-0.2, 0) is 19.7 Å². The normalized spacial score (nSPS) is 32.7. The van der Waals surface area contributed by atoms with Crippen LogP contribution in [0.5, 0.6) is 0 Å². The molecule has 5 fully saturated rings. The van der Waals surface area contributed by atoms with Crippen molar-refractivity contribution in [3.8, 4) is 0 Å². The van der Waals surface area contributed by atoms with Gasteiger partial charge in [-0.2, -0.15) is 0 Å². The molecular formula is C28H41N3O3. The summed E-state index contributed by atoms with van der Waals surface area (Å²) in [6.07, 6.45) is 7.86. The SMILES string of the molecule is COCCCNC(=O)CN1CCN(C(=O)C23CC4CC(C2)CC(c2ccc(C)cc2)(C4)C3)CC1. The zero-order valence-corrected chi connectivity index (χ0v) is 21.0. The molecule has 4 saturated carbocycles. The molecule has 4 aliphatic carbocycles. The van der Waals surface area contributed by atoms with E-state index in [1.165, 1.54) is 30.4 Å². The maximum absolute atomic E-state index is 14.0. The van der Waals surface area contributed by atoms with E-state index in [2.05, 4.69) is 46.3 Å². The number of nitrogens with one attached hydrogen (secondary N) is 1. The number of carbonyl (C=O) groups excluding carboxylic acids is 2. The Hall–Kier alpha value is -1.92. The number of hydrogen-bond donors (Lipinski definition) is 1. The van der Waals surface area contributed by atoms with Crippen LogP contribution in [0.2, 0.25) is 0 Å². The fraction of sp³-hybridized carbons (Fsp3) is 0.714. The second-order valence-corrected chi connectivity index (χ2v) is 11.7. The van der Waals surface area contributed by atoms with Gasteiger partial charge < -0.3 is 15.0 Å². The van der Waals surface area contributed by atoms with Gasteiger partial charge in [0, 0.05) is 46.4 Å². The van der Waals surface area contributed by atoms with Crippen LogP contribution in [0, 0.1) is 24.2 Å². The Morgan fingerprint density at radius 3 is 2.35 bits per heavy atom. The number of benzene rings is 1. The van der Waals surface area contributed by atoms with Gasteiger partial charge in [-0.3, -0.25) is 14.5 Å². The first-order chi connectivity index (χ1) is 16.4. The second kappa shape index (κ2) is 9.62. The molecule has 1 N–H and O–H groups in total. The van der Waals surface area contributed by atoms with Crippen LogP contribution in [-0.4, -0.2) is 74.6 Å². The van der Waals surface area contributed by atoms with E-state index < -0.39 is 0 Å². The third kappa shape index (κ3) is 4.64. The Morgan fingerprint density at radius 1 is 1.03 bits per heavy atom. The van der Waals surface area contributed by atoms with Crippen LogP contribution < -0.4 is 5.32 Å². The van der Waals surface area contributed by atoms with Crippen molar-refractivity contribution in [3.05, 3.63) is 35.4 Å². The lowest BCUT2D eigenvalue weighted by molar-refractivity contribution is -0.162. The van der Waals surface area contributed by atoms with E-state index >= 15 is 0 Å². The first-order valence-electron chi connectivity index (χ1n) is 13.3. The molecule has 5 aliphatic rings. The van der Waals surface area contributed by atoms with Gasteiger partial charge in [-0.15, -0.1) is 0 Å². The quantitative estimate of drug-likeness (QED) is 0.597. The third-order valence-corrected chi connectivity index (χ3v) is 9.05. The van der Waals surface area contributed by atoms with Crippen molar-refractivity contribution in [1.29, 1.82) is 0 Å². The topological polar surface area (TPSA) is 61.9 Å². The minimum absolute atomic E-state index is 0.0667. The standard InChI is InChI=1S/C28H41N3O3/c1-21-4-6-24(7-5-21)27-15-22-14-23(16-27)18-28(17-22,20-27)26(33)31-11-9-30(10-12-31)19-25(32)29-8-3-13-34-2/h4-7,22-23H,3,8-20H2,1-2H3,(H,29,32). The molecule has 6 nitrogen and oxygen atoms in total. The molecule has 2 unspecified atom stereocenters. The summed E-state index contributed by atoms with van der Waals surface area (Å²) in [5.41, 5.74) is 2.79. The first kappa shape index (κ1) is 23.8. The Labute approximate surface area is 204 Å². The van der Waals surface area contributed by atoms with Crippen LogP contribution in [0.3, 0.4) is 0 Å². The molecule has 6 heteroatoms. The Morgan fingerprint density at radius 2 is 1.71 bits per heavy atom. The molecule has 1 aliphatic heterocycles. The summed E-state index contributed by atoms with van der Waals surface area (Å²) in [4.78, 5) is 30.6. The molecule has 1 heterocycles. The molecule has 0 radical (unpaired) electrons. The van der Waals surface area contributed by atoms with Gasteiger partial charge in [0.2, 0.25) is 11.8 Å². The molecule has 2 atom stereocenters. The highest BCUT2D eigenvalue weighted by Gasteiger charge is 2.61. The van der Waals surface area contributed by atoms with Crippen molar-refractivity contribution < 1.29 is 14.3 Å². The number of rotatable bonds is 8. The maximum Gasteiger partial charge on any atom is 0.234 e. The van der Waals surface area contributed by atoms with Crippen molar-refractivity contribution in [2.45, 2.75) is 57.3 Å². The molecule has 2 amide bonds. The van der Waals surface area contributed by atoms with Crippen LogP contribution in [0.1, 0.15) is 56.1 Å². The van der Waals surface area contributed by atoms with Gasteiger partial charge in [0.25, 0.3) is 0 Å². The number of amides is 2. The molecule has 6 rings (SSSR count). The number of methoxy groups -OCH3 is 1. The monoisotopic (exact) mass is 467 g/mol. The summed E-state index contributed by atoms with van der Waals surface area (Å²) in [5, 5.41) is 2.97. The van der Waals surface area contributed by atoms with Gasteiger partial charge in [0.05, 0.1) is 12.0 Å². The molecule has 1 aromatic rings. The Kier molecular flexibility index (Phi) is 6.73. The number of hydrogen-bond acceptors (Lipinski definition) is 4. The third-order valence-electron chi connectivity index (χ3n) is 9.05. The van der Waals surface area contributed by atoms with E-state index in [0.29, 0.717) is 37.4 Å². The lowest BCUT2D eigenvalue weighted by Crippen LogP contribution is -2.61. The van der Waals surface area contributed by atoms with E-state index in [-0.39, 0.29) is 16.7 Å². The lowest BCUT2D eigenvalue weighted by Gasteiger charge is -2.62. The molecule has 4 bridgehead atoms. The molecule has 34 heavy (non-hydrogen) atoms. The smallest absolute Gasteiger partial charge is 0.234 e. The van der Waals surface area contributed by atoms with Crippen LogP contribution in [0.15, 0.2) is 24.3 Å². The minimum atomic E-state index is -0.171. The van der Waals surface area contributed by atoms with Gasteiger partial charge in [-0.05, 0) is 74.7 Å². The average molecular weight is 468 g/mol. The predicted molar refractivity (Wildman–Crippen MR) is 132 cm³/mol. The van der Waals surface area contributed by atoms with Gasteiger partial charge in [0.1, 0.15) is 0 Å². The van der Waals surface area contributed by atoms with Crippen molar-refractivity contribution in [2.75, 3.05) is 53.0 Å². The number of nitrogens with zero attached hydrogens (tertiary/aromatic N) is 2. The van der Waals surface area contributed by atoms with Crippen LogP contribution >= 0.6 is 0 Å². The summed E-state index contributed by atoms with van der Waals surface area (Å²) < 4.78 is 5.03. The lowest BCUT2D eigenvalue weighted by atomic mass is 9.42. The number of carbonyl (C=O) groups is 2. The molecule has 0 aromatic heterocycles. The molecular weight excluding hydrogens is 426 g/mol.